The molecule has 9 nitrogen and oxygen atoms in total. The Morgan fingerprint density at radius 2 is 1.73 bits per heavy atom. The predicted molar refractivity (Wildman–Crippen MR) is 119 cm³/mol. The summed E-state index contributed by atoms with van der Waals surface area (Å²) in [6.07, 6.45) is 1.30. The number of pyridine rings is 1. The van der Waals surface area contributed by atoms with Gasteiger partial charge in [-0.1, -0.05) is 30.3 Å². The number of hydrogen-bond donors (Lipinski definition) is 2. The second-order valence-electron chi connectivity index (χ2n) is 7.87. The van der Waals surface area contributed by atoms with Crippen molar-refractivity contribution in [2.24, 2.45) is 11.5 Å². The van der Waals surface area contributed by atoms with Crippen LogP contribution in [0.5, 0.6) is 0 Å². The van der Waals surface area contributed by atoms with Crippen LogP contribution < -0.4 is 11.5 Å². The molecule has 1 aromatic heterocycles. The topological polar surface area (TPSA) is 140 Å². The fraction of sp³-hybridized carbons (Fsp3) is 0.227. The molecule has 0 spiro atoms. The van der Waals surface area contributed by atoms with Gasteiger partial charge < -0.3 is 16.4 Å². The molecule has 1 fully saturated rings. The molecule has 1 aliphatic rings. The van der Waals surface area contributed by atoms with Gasteiger partial charge in [0.15, 0.2) is 0 Å². The molecule has 1 unspecified atom stereocenters. The van der Waals surface area contributed by atoms with Crippen molar-refractivity contribution in [1.29, 1.82) is 0 Å². The third-order valence-electron chi connectivity index (χ3n) is 5.85. The number of hydrogen-bond acceptors (Lipinski definition) is 5. The summed E-state index contributed by atoms with van der Waals surface area (Å²) in [5, 5.41) is 0.609. The number of aromatic nitrogens is 1. The second-order valence-corrected chi connectivity index (χ2v) is 9.70. The zero-order valence-corrected chi connectivity index (χ0v) is 18.3. The van der Waals surface area contributed by atoms with E-state index in [-0.39, 0.29) is 36.5 Å². The smallest absolute Gasteiger partial charge is 0.314 e. The molecule has 172 valence electrons. The van der Waals surface area contributed by atoms with Gasteiger partial charge in [0, 0.05) is 31.1 Å². The molecule has 0 radical (unpaired) electrons. The number of carbonyl (C=O) groups excluding carboxylic acids is 2. The Labute approximate surface area is 189 Å². The number of fused-ring (bicyclic) bond motifs is 1. The fourth-order valence-electron chi connectivity index (χ4n) is 4.21. The number of urea groups is 1. The Kier molecular flexibility index (Phi) is 5.76. The van der Waals surface area contributed by atoms with Gasteiger partial charge >= 0.3 is 6.03 Å². The Morgan fingerprint density at radius 3 is 2.39 bits per heavy atom. The Bertz CT molecular complexity index is 1330. The summed E-state index contributed by atoms with van der Waals surface area (Å²) in [7, 11) is -4.30. The third kappa shape index (κ3) is 4.00. The number of carbonyl (C=O) groups is 2. The van der Waals surface area contributed by atoms with Crippen molar-refractivity contribution < 1.29 is 22.4 Å². The van der Waals surface area contributed by atoms with E-state index in [1.165, 1.54) is 41.4 Å². The maximum atomic E-state index is 13.9. The number of piperazine rings is 1. The zero-order valence-electron chi connectivity index (χ0n) is 17.5. The molecule has 0 bridgehead atoms. The lowest BCUT2D eigenvalue weighted by atomic mass is 9.87. The minimum atomic E-state index is -4.30. The molecular formula is C22H22FN5O4S. The van der Waals surface area contributed by atoms with Crippen LogP contribution in [0.25, 0.3) is 10.9 Å². The summed E-state index contributed by atoms with van der Waals surface area (Å²) in [6.45, 7) is -0.573. The number of halogens is 1. The van der Waals surface area contributed by atoms with Crippen LogP contribution in [-0.4, -0.2) is 59.7 Å². The van der Waals surface area contributed by atoms with Crippen LogP contribution in [-0.2, 0) is 21.2 Å². The lowest BCUT2D eigenvalue weighted by Gasteiger charge is -2.47. The molecule has 0 saturated carbocycles. The molecule has 0 aliphatic carbocycles. The molecule has 33 heavy (non-hydrogen) atoms. The number of rotatable bonds is 5. The van der Waals surface area contributed by atoms with Crippen LogP contribution in [0.4, 0.5) is 9.18 Å². The summed E-state index contributed by atoms with van der Waals surface area (Å²) in [5.74, 6) is -1.44. The van der Waals surface area contributed by atoms with Crippen LogP contribution in [0, 0.1) is 5.82 Å². The molecule has 1 atom stereocenters. The molecule has 4 N–H and O–H groups in total. The highest BCUT2D eigenvalue weighted by Crippen LogP contribution is 2.34. The van der Waals surface area contributed by atoms with Crippen molar-refractivity contribution >= 4 is 32.9 Å². The molecule has 4 rings (SSSR count). The number of primary amides is 2. The van der Waals surface area contributed by atoms with Gasteiger partial charge in [0.2, 0.25) is 15.9 Å². The zero-order chi connectivity index (χ0) is 23.8. The van der Waals surface area contributed by atoms with Crippen LogP contribution >= 0.6 is 0 Å². The second kappa shape index (κ2) is 8.41. The highest BCUT2D eigenvalue weighted by atomic mass is 32.2. The maximum absolute atomic E-state index is 13.9. The quantitative estimate of drug-likeness (QED) is 0.576. The normalized spacial score (nSPS) is 19.5. The van der Waals surface area contributed by atoms with E-state index in [0.29, 0.717) is 10.9 Å². The molecule has 11 heteroatoms. The largest absolute Gasteiger partial charge is 0.368 e. The van der Waals surface area contributed by atoms with Gasteiger partial charge in [0.05, 0.1) is 12.1 Å². The molecule has 1 aliphatic heterocycles. The van der Waals surface area contributed by atoms with E-state index in [4.69, 9.17) is 11.5 Å². The molecule has 2 aromatic carbocycles. The summed E-state index contributed by atoms with van der Waals surface area (Å²) >= 11 is 0. The minimum absolute atomic E-state index is 0.0226. The number of sulfonamides is 1. The highest BCUT2D eigenvalue weighted by Gasteiger charge is 2.53. The van der Waals surface area contributed by atoms with Gasteiger partial charge in [-0.05, 0) is 29.8 Å². The van der Waals surface area contributed by atoms with Gasteiger partial charge in [0.1, 0.15) is 16.3 Å². The van der Waals surface area contributed by atoms with Crippen molar-refractivity contribution in [2.45, 2.75) is 16.9 Å². The summed E-state index contributed by atoms with van der Waals surface area (Å²) in [6, 6.07) is 12.6. The van der Waals surface area contributed by atoms with Crippen molar-refractivity contribution in [3.05, 3.63) is 72.2 Å². The highest BCUT2D eigenvalue weighted by molar-refractivity contribution is 7.89. The predicted octanol–water partition coefficient (Wildman–Crippen LogP) is 1.23. The average molecular weight is 472 g/mol. The monoisotopic (exact) mass is 471 g/mol. The first-order chi connectivity index (χ1) is 15.6. The first-order valence-electron chi connectivity index (χ1n) is 10.1. The van der Waals surface area contributed by atoms with Crippen molar-refractivity contribution in [3.8, 4) is 0 Å². The van der Waals surface area contributed by atoms with Crippen LogP contribution in [0.15, 0.2) is 65.7 Å². The number of amides is 3. The van der Waals surface area contributed by atoms with Crippen LogP contribution in [0.2, 0.25) is 0 Å². The number of nitrogens with zero attached hydrogens (tertiary/aromatic N) is 3. The lowest BCUT2D eigenvalue weighted by Crippen LogP contribution is -2.71. The summed E-state index contributed by atoms with van der Waals surface area (Å²) in [5.41, 5.74) is 10.1. The summed E-state index contributed by atoms with van der Waals surface area (Å²) in [4.78, 5) is 30.2. The standard InChI is InChI=1S/C22H22FN5O4S/c23-17-8-6-15(7-9-17)13-22(20(24)29)14-27(21(25)30)11-12-28(22)33(31,32)18-5-1-3-16-4-2-10-26-19(16)18/h1-10H,11-14H2,(H2,24,29)(H2,25,30). The van der Waals surface area contributed by atoms with E-state index in [2.05, 4.69) is 4.98 Å². The maximum Gasteiger partial charge on any atom is 0.314 e. The first-order valence-corrected chi connectivity index (χ1v) is 11.5. The van der Waals surface area contributed by atoms with Gasteiger partial charge in [-0.15, -0.1) is 0 Å². The molecule has 1 saturated heterocycles. The Balaban J connectivity index is 1.88. The number of nitrogens with two attached hydrogens (primary N) is 2. The van der Waals surface area contributed by atoms with Gasteiger partial charge in [0.25, 0.3) is 0 Å². The molecule has 3 aromatic rings. The van der Waals surface area contributed by atoms with E-state index in [1.54, 1.807) is 24.3 Å². The van der Waals surface area contributed by atoms with E-state index >= 15 is 0 Å². The van der Waals surface area contributed by atoms with Crippen LogP contribution in [0.1, 0.15) is 5.56 Å². The first kappa shape index (κ1) is 22.6. The summed E-state index contributed by atoms with van der Waals surface area (Å²) < 4.78 is 42.3. The molecule has 3 amide bonds. The van der Waals surface area contributed by atoms with Crippen molar-refractivity contribution in [3.63, 3.8) is 0 Å². The minimum Gasteiger partial charge on any atom is -0.368 e. The van der Waals surface area contributed by atoms with E-state index in [9.17, 15) is 22.4 Å². The van der Waals surface area contributed by atoms with E-state index < -0.39 is 33.3 Å². The number of para-hydroxylation sites is 1. The Hall–Kier alpha value is -3.57. The SMILES string of the molecule is NC(=O)N1CCN(S(=O)(=O)c2cccc3cccnc23)C(Cc2ccc(F)cc2)(C(N)=O)C1. The molecule has 2 heterocycles. The number of benzene rings is 2. The van der Waals surface area contributed by atoms with E-state index in [1.807, 2.05) is 0 Å². The third-order valence-corrected chi connectivity index (χ3v) is 7.84. The average Bonchev–Trinajstić information content (AvgIpc) is 2.79. The van der Waals surface area contributed by atoms with Gasteiger partial charge in [-0.3, -0.25) is 9.78 Å². The van der Waals surface area contributed by atoms with E-state index in [0.717, 1.165) is 4.31 Å². The van der Waals surface area contributed by atoms with Gasteiger partial charge in [-0.2, -0.15) is 4.31 Å². The van der Waals surface area contributed by atoms with Crippen molar-refractivity contribution in [1.82, 2.24) is 14.2 Å². The molecular weight excluding hydrogens is 449 g/mol. The van der Waals surface area contributed by atoms with Crippen molar-refractivity contribution in [2.75, 3.05) is 19.6 Å². The Morgan fingerprint density at radius 1 is 1.03 bits per heavy atom. The lowest BCUT2D eigenvalue weighted by molar-refractivity contribution is -0.129. The van der Waals surface area contributed by atoms with Gasteiger partial charge in [-0.25, -0.2) is 17.6 Å². The fourth-order valence-corrected chi connectivity index (χ4v) is 6.11. The van der Waals surface area contributed by atoms with Crippen LogP contribution in [0.3, 0.4) is 0 Å².